The van der Waals surface area contributed by atoms with E-state index >= 15 is 0 Å². The van der Waals surface area contributed by atoms with Crippen molar-refractivity contribution >= 4 is 17.5 Å². The normalized spacial score (nSPS) is 10.1. The van der Waals surface area contributed by atoms with E-state index in [2.05, 4.69) is 11.4 Å². The molecule has 0 unspecified atom stereocenters. The van der Waals surface area contributed by atoms with Crippen LogP contribution in [0.5, 0.6) is 0 Å². The van der Waals surface area contributed by atoms with Crippen molar-refractivity contribution in [1.29, 1.82) is 0 Å². The summed E-state index contributed by atoms with van der Waals surface area (Å²) in [5, 5.41) is 2.74. The number of nitrogens with two attached hydrogens (primary N) is 1. The van der Waals surface area contributed by atoms with Gasteiger partial charge in [-0.05, 0) is 31.0 Å². The first-order valence-electron chi connectivity index (χ1n) is 6.80. The third kappa shape index (κ3) is 4.18. The lowest BCUT2D eigenvalue weighted by atomic mass is 10.1. The van der Waals surface area contributed by atoms with Gasteiger partial charge in [-0.1, -0.05) is 42.0 Å². The summed E-state index contributed by atoms with van der Waals surface area (Å²) in [6.07, 6.45) is 1.02. The minimum atomic E-state index is -0.551. The molecular weight excluding hydrogens is 264 g/mol. The van der Waals surface area contributed by atoms with Crippen molar-refractivity contribution in [3.8, 4) is 0 Å². The minimum Gasteiger partial charge on any atom is -0.366 e. The molecule has 0 saturated carbocycles. The Morgan fingerprint density at radius 2 is 1.86 bits per heavy atom. The van der Waals surface area contributed by atoms with Gasteiger partial charge >= 0.3 is 0 Å². The molecule has 108 valence electrons. The van der Waals surface area contributed by atoms with Gasteiger partial charge in [0.1, 0.15) is 0 Å². The second-order valence-electron chi connectivity index (χ2n) is 4.95. The largest absolute Gasteiger partial charge is 0.366 e. The number of nitrogens with one attached hydrogen (secondary N) is 1. The topological polar surface area (TPSA) is 72.2 Å². The number of primary amides is 1. The van der Waals surface area contributed by atoms with Crippen LogP contribution in [-0.2, 0) is 11.2 Å². The van der Waals surface area contributed by atoms with Crippen LogP contribution < -0.4 is 11.1 Å². The second kappa shape index (κ2) is 6.70. The van der Waals surface area contributed by atoms with E-state index in [4.69, 9.17) is 5.73 Å². The summed E-state index contributed by atoms with van der Waals surface area (Å²) in [7, 11) is 0. The number of para-hydroxylation sites is 1. The number of anilines is 1. The molecule has 2 amide bonds. The Hall–Kier alpha value is -2.62. The Morgan fingerprint density at radius 3 is 2.57 bits per heavy atom. The zero-order valence-electron chi connectivity index (χ0n) is 11.9. The van der Waals surface area contributed by atoms with Crippen LogP contribution in [0.1, 0.15) is 27.9 Å². The maximum atomic E-state index is 12.0. The van der Waals surface area contributed by atoms with Crippen molar-refractivity contribution in [3.05, 3.63) is 65.2 Å². The highest BCUT2D eigenvalue weighted by molar-refractivity contribution is 6.02. The number of hydrogen-bond acceptors (Lipinski definition) is 2. The zero-order valence-corrected chi connectivity index (χ0v) is 11.9. The predicted octanol–water partition coefficient (Wildman–Crippen LogP) is 2.67. The number of benzene rings is 2. The average Bonchev–Trinajstić information content (AvgIpc) is 2.45. The van der Waals surface area contributed by atoms with Gasteiger partial charge in [-0.3, -0.25) is 9.59 Å². The van der Waals surface area contributed by atoms with E-state index in [9.17, 15) is 9.59 Å². The summed E-state index contributed by atoms with van der Waals surface area (Å²) in [6.45, 7) is 2.02. The van der Waals surface area contributed by atoms with E-state index in [1.165, 1.54) is 5.56 Å². The molecular formula is C17H18N2O2. The molecule has 4 nitrogen and oxygen atoms in total. The number of amides is 2. The van der Waals surface area contributed by atoms with Gasteiger partial charge in [0.2, 0.25) is 5.91 Å². The van der Waals surface area contributed by atoms with Crippen LogP contribution in [-0.4, -0.2) is 11.8 Å². The summed E-state index contributed by atoms with van der Waals surface area (Å²) in [5.41, 5.74) is 8.35. The first-order valence-corrected chi connectivity index (χ1v) is 6.80. The highest BCUT2D eigenvalue weighted by atomic mass is 16.2. The molecule has 0 saturated heterocycles. The fourth-order valence-corrected chi connectivity index (χ4v) is 2.15. The molecule has 0 radical (unpaired) electrons. The van der Waals surface area contributed by atoms with Crippen molar-refractivity contribution in [2.45, 2.75) is 19.8 Å². The predicted molar refractivity (Wildman–Crippen MR) is 83.1 cm³/mol. The summed E-state index contributed by atoms with van der Waals surface area (Å²) in [5.74, 6) is -0.685. The fourth-order valence-electron chi connectivity index (χ4n) is 2.15. The van der Waals surface area contributed by atoms with Crippen LogP contribution in [0, 0.1) is 6.92 Å². The van der Waals surface area contributed by atoms with Crippen LogP contribution in [0.2, 0.25) is 0 Å². The molecule has 0 aliphatic carbocycles. The van der Waals surface area contributed by atoms with Crippen molar-refractivity contribution in [3.63, 3.8) is 0 Å². The average molecular weight is 282 g/mol. The molecule has 0 heterocycles. The Balaban J connectivity index is 1.98. The van der Waals surface area contributed by atoms with E-state index in [1.54, 1.807) is 24.3 Å². The minimum absolute atomic E-state index is 0.134. The zero-order chi connectivity index (χ0) is 15.2. The van der Waals surface area contributed by atoms with Gasteiger partial charge in [0, 0.05) is 6.42 Å². The molecule has 21 heavy (non-hydrogen) atoms. The summed E-state index contributed by atoms with van der Waals surface area (Å²) in [4.78, 5) is 23.3. The quantitative estimate of drug-likeness (QED) is 0.885. The maximum absolute atomic E-state index is 12.0. The third-order valence-electron chi connectivity index (χ3n) is 3.19. The highest BCUT2D eigenvalue weighted by Gasteiger charge is 2.10. The van der Waals surface area contributed by atoms with Gasteiger partial charge in [0.05, 0.1) is 11.3 Å². The molecule has 0 aliphatic rings. The van der Waals surface area contributed by atoms with Gasteiger partial charge in [0.15, 0.2) is 0 Å². The number of rotatable bonds is 5. The van der Waals surface area contributed by atoms with Crippen molar-refractivity contribution in [2.75, 3.05) is 5.32 Å². The summed E-state index contributed by atoms with van der Waals surface area (Å²) >= 11 is 0. The number of hydrogen-bond donors (Lipinski definition) is 2. The second-order valence-corrected chi connectivity index (χ2v) is 4.95. The van der Waals surface area contributed by atoms with Crippen LogP contribution in [0.25, 0.3) is 0 Å². The maximum Gasteiger partial charge on any atom is 0.250 e. The number of carbonyl (C=O) groups excluding carboxylic acids is 2. The summed E-state index contributed by atoms with van der Waals surface area (Å²) in [6, 6.07) is 14.8. The molecule has 0 spiro atoms. The van der Waals surface area contributed by atoms with E-state index in [1.807, 2.05) is 25.1 Å². The van der Waals surface area contributed by atoms with Gasteiger partial charge in [-0.2, -0.15) is 0 Å². The van der Waals surface area contributed by atoms with E-state index < -0.39 is 5.91 Å². The van der Waals surface area contributed by atoms with E-state index in [0.29, 0.717) is 24.1 Å². The fraction of sp³-hybridized carbons (Fsp3) is 0.176. The van der Waals surface area contributed by atoms with Crippen molar-refractivity contribution in [2.24, 2.45) is 5.73 Å². The van der Waals surface area contributed by atoms with Crippen LogP contribution >= 0.6 is 0 Å². The number of aryl methyl sites for hydroxylation is 2. The molecule has 0 bridgehead atoms. The Kier molecular flexibility index (Phi) is 4.72. The van der Waals surface area contributed by atoms with Gasteiger partial charge in [0.25, 0.3) is 5.91 Å². The smallest absolute Gasteiger partial charge is 0.250 e. The molecule has 2 rings (SSSR count). The lowest BCUT2D eigenvalue weighted by molar-refractivity contribution is -0.116. The van der Waals surface area contributed by atoms with Gasteiger partial charge < -0.3 is 11.1 Å². The molecule has 3 N–H and O–H groups in total. The first-order chi connectivity index (χ1) is 10.1. The van der Waals surface area contributed by atoms with Crippen molar-refractivity contribution < 1.29 is 9.59 Å². The lowest BCUT2D eigenvalue weighted by Crippen LogP contribution is -2.18. The number of carbonyl (C=O) groups is 2. The molecule has 0 aliphatic heterocycles. The van der Waals surface area contributed by atoms with Crippen LogP contribution in [0.4, 0.5) is 5.69 Å². The SMILES string of the molecule is Cc1cccc(CCC(=O)Nc2ccccc2C(N)=O)c1. The molecule has 0 aromatic heterocycles. The van der Waals surface area contributed by atoms with E-state index in [-0.39, 0.29) is 5.91 Å². The highest BCUT2D eigenvalue weighted by Crippen LogP contribution is 2.15. The monoisotopic (exact) mass is 282 g/mol. The first kappa shape index (κ1) is 14.8. The van der Waals surface area contributed by atoms with Crippen LogP contribution in [0.15, 0.2) is 48.5 Å². The Bertz CT molecular complexity index is 665. The van der Waals surface area contributed by atoms with Crippen LogP contribution in [0.3, 0.4) is 0 Å². The molecule has 0 atom stereocenters. The molecule has 0 fully saturated rings. The Labute approximate surface area is 124 Å². The standard InChI is InChI=1S/C17H18N2O2/c1-12-5-4-6-13(11-12)9-10-16(20)19-15-8-3-2-7-14(15)17(18)21/h2-8,11H,9-10H2,1H3,(H2,18,21)(H,19,20). The van der Waals surface area contributed by atoms with Crippen molar-refractivity contribution in [1.82, 2.24) is 0 Å². The van der Waals surface area contributed by atoms with Gasteiger partial charge in [-0.25, -0.2) is 0 Å². The third-order valence-corrected chi connectivity index (χ3v) is 3.19. The lowest BCUT2D eigenvalue weighted by Gasteiger charge is -2.09. The molecule has 4 heteroatoms. The molecule has 2 aromatic carbocycles. The van der Waals surface area contributed by atoms with Gasteiger partial charge in [-0.15, -0.1) is 0 Å². The van der Waals surface area contributed by atoms with E-state index in [0.717, 1.165) is 5.56 Å². The molecule has 2 aromatic rings. The summed E-state index contributed by atoms with van der Waals surface area (Å²) < 4.78 is 0. The Morgan fingerprint density at radius 1 is 1.10 bits per heavy atom.